The number of fused-ring (bicyclic) bond motifs is 14. The molecule has 1 aromatic heterocycles. The molecule has 0 saturated carbocycles. The predicted octanol–water partition coefficient (Wildman–Crippen LogP) is 4.33. The van der Waals surface area contributed by atoms with Crippen LogP contribution in [0.5, 0.6) is 11.5 Å². The average Bonchev–Trinajstić information content (AvgIpc) is 3.57. The van der Waals surface area contributed by atoms with E-state index in [0.717, 1.165) is 0 Å². The molecule has 0 unspecified atom stereocenters. The summed E-state index contributed by atoms with van der Waals surface area (Å²) in [5.41, 5.74) is -1.46. The number of piperazine rings is 1. The number of benzene rings is 3. The molecule has 5 N–H and O–H groups in total. The van der Waals surface area contributed by atoms with E-state index in [1.54, 1.807) is 45.1 Å². The van der Waals surface area contributed by atoms with E-state index >= 15 is 0 Å². The predicted molar refractivity (Wildman–Crippen MR) is 256 cm³/mol. The first kappa shape index (κ1) is 49.8. The Morgan fingerprint density at radius 2 is 1.63 bits per heavy atom. The molecular formula is C50H62N4O14. The second-order valence-electron chi connectivity index (χ2n) is 18.3. The molecular weight excluding hydrogens is 881 g/mol. The van der Waals surface area contributed by atoms with E-state index in [1.807, 2.05) is 24.8 Å². The Bertz CT molecular complexity index is 2890. The van der Waals surface area contributed by atoms with E-state index in [0.29, 0.717) is 38.4 Å². The number of anilines is 2. The van der Waals surface area contributed by atoms with Gasteiger partial charge in [-0.2, -0.15) is 0 Å². The molecule has 5 bridgehead atoms. The maximum Gasteiger partial charge on any atom is 0.307 e. The number of hydrogen-bond acceptors (Lipinski definition) is 17. The number of methoxy groups -OCH3 is 2. The average molecular weight is 943 g/mol. The van der Waals surface area contributed by atoms with Crippen molar-refractivity contribution in [3.05, 3.63) is 79.5 Å². The SMILES string of the molecule is CO[C@@H]1[C@@H](C)[C@@H](O)[C@@H](C)[C@H](OC(C)=O)[C@H](C)[C@@H](OC)/C=C/O[C@@]2(C)Oc3c(C)c(O)c4c(=O)c(c5oc6cc(N7CCN(CCO)CC7)cc(=O)c6nc5c4c3=C2O)NC(=O)/C(C)=C\C=C\[C@@H]1C. The summed E-state index contributed by atoms with van der Waals surface area (Å²) < 4.78 is 36.6. The van der Waals surface area contributed by atoms with Gasteiger partial charge < -0.3 is 58.7 Å². The molecule has 1 fully saturated rings. The first-order valence-corrected chi connectivity index (χ1v) is 22.8. The van der Waals surface area contributed by atoms with Gasteiger partial charge in [-0.05, 0) is 19.9 Å². The highest BCUT2D eigenvalue weighted by Crippen LogP contribution is 2.42. The molecule has 0 radical (unpaired) electrons. The van der Waals surface area contributed by atoms with Crippen LogP contribution in [0.4, 0.5) is 11.4 Å². The smallest absolute Gasteiger partial charge is 0.307 e. The zero-order valence-electron chi connectivity index (χ0n) is 40.1. The highest BCUT2D eigenvalue weighted by molar-refractivity contribution is 6.16. The van der Waals surface area contributed by atoms with Crippen LogP contribution < -0.4 is 31.0 Å². The number of aromatic hydroxyl groups is 1. The summed E-state index contributed by atoms with van der Waals surface area (Å²) in [6.45, 7) is 16.0. The molecule has 4 aromatic rings. The van der Waals surface area contributed by atoms with Crippen LogP contribution in [0.15, 0.2) is 62.3 Å². The standard InChI is InChI=1S/C50H62N4O14/c1-24-12-11-13-25(2)49(62)52-40-43(60)36-35(39-47(40)67-34-23-31(22-32(57)38(34)51-39)54-17-15-53(16-18-54)19-20-55)37-46(29(6)42(36)59)68-50(8,48(37)61)65-21-14-33(63-9)26(3)45(66-30(7)56)28(5)41(58)27(4)44(24)64-10/h11-14,21-24,26-28,33,41,44-45,55,58-59,61H,15-20H2,1-10H3,(H,52,62)/b12-11+,21-14+,25-13-/t24-,26+,27-,28+,33-,41+,44-,45+,50-/m0/s1. The van der Waals surface area contributed by atoms with E-state index in [-0.39, 0.29) is 73.3 Å². The van der Waals surface area contributed by atoms with Crippen molar-refractivity contribution in [3.63, 3.8) is 0 Å². The Kier molecular flexibility index (Phi) is 14.6. The fourth-order valence-electron chi connectivity index (χ4n) is 9.85. The van der Waals surface area contributed by atoms with Gasteiger partial charge in [0.2, 0.25) is 10.9 Å². The minimum atomic E-state index is -1.98. The molecule has 4 aliphatic rings. The Balaban J connectivity index is 1.47. The van der Waals surface area contributed by atoms with Crippen molar-refractivity contribution in [3.8, 4) is 11.5 Å². The van der Waals surface area contributed by atoms with Gasteiger partial charge in [-0.1, -0.05) is 45.9 Å². The van der Waals surface area contributed by atoms with Crippen LogP contribution in [0.1, 0.15) is 54.0 Å². The second-order valence-corrected chi connectivity index (χ2v) is 18.3. The number of aliphatic hydroxyl groups is 3. The minimum Gasteiger partial charge on any atom is -0.507 e. The third-order valence-electron chi connectivity index (χ3n) is 13.8. The van der Waals surface area contributed by atoms with Crippen molar-refractivity contribution in [2.45, 2.75) is 85.6 Å². The molecule has 1 amide bonds. The zero-order valence-corrected chi connectivity index (χ0v) is 40.1. The van der Waals surface area contributed by atoms with Crippen LogP contribution >= 0.6 is 0 Å². The van der Waals surface area contributed by atoms with Crippen molar-refractivity contribution in [1.29, 1.82) is 0 Å². The van der Waals surface area contributed by atoms with E-state index in [4.69, 9.17) is 33.1 Å². The molecule has 18 nitrogen and oxygen atoms in total. The number of carbonyl (C=O) groups is 2. The van der Waals surface area contributed by atoms with Gasteiger partial charge >= 0.3 is 11.8 Å². The number of aliphatic hydroxyl groups excluding tert-OH is 3. The normalized spacial score (nSPS) is 29.4. The largest absolute Gasteiger partial charge is 0.507 e. The number of aromatic nitrogens is 1. The number of nitrogens with one attached hydrogen (secondary N) is 1. The van der Waals surface area contributed by atoms with E-state index in [9.17, 15) is 39.6 Å². The Hall–Kier alpha value is -6.05. The molecule has 4 aliphatic heterocycles. The van der Waals surface area contributed by atoms with Crippen molar-refractivity contribution in [1.82, 2.24) is 9.88 Å². The molecule has 366 valence electrons. The lowest BCUT2D eigenvalue weighted by Crippen LogP contribution is -2.47. The number of amides is 1. The number of rotatable bonds is 6. The number of phenols is 1. The van der Waals surface area contributed by atoms with Gasteiger partial charge in [0.1, 0.15) is 28.8 Å². The quantitative estimate of drug-likeness (QED) is 0.103. The van der Waals surface area contributed by atoms with E-state index in [2.05, 4.69) is 10.2 Å². The molecule has 9 atom stereocenters. The zero-order chi connectivity index (χ0) is 49.5. The van der Waals surface area contributed by atoms with Crippen molar-refractivity contribution in [2.24, 2.45) is 23.7 Å². The lowest BCUT2D eigenvalue weighted by Gasteiger charge is -2.38. The van der Waals surface area contributed by atoms with Gasteiger partial charge in [0.25, 0.3) is 5.91 Å². The molecule has 8 rings (SSSR count). The monoisotopic (exact) mass is 942 g/mol. The molecule has 68 heavy (non-hydrogen) atoms. The topological polar surface area (TPSA) is 240 Å². The summed E-state index contributed by atoms with van der Waals surface area (Å²) in [5, 5.41) is 47.5. The third kappa shape index (κ3) is 9.14. The van der Waals surface area contributed by atoms with Gasteiger partial charge in [0.05, 0.1) is 41.8 Å². The molecule has 0 spiro atoms. The van der Waals surface area contributed by atoms with Gasteiger partial charge in [-0.15, -0.1) is 0 Å². The Morgan fingerprint density at radius 3 is 2.28 bits per heavy atom. The summed E-state index contributed by atoms with van der Waals surface area (Å²) in [5.74, 6) is -6.32. The van der Waals surface area contributed by atoms with Crippen molar-refractivity contribution in [2.75, 3.05) is 63.8 Å². The lowest BCUT2D eigenvalue weighted by molar-refractivity contribution is -0.161. The van der Waals surface area contributed by atoms with Crippen molar-refractivity contribution < 1.29 is 58.1 Å². The molecule has 3 aromatic carbocycles. The number of allylic oxidation sites excluding steroid dienone is 2. The Morgan fingerprint density at radius 1 is 0.941 bits per heavy atom. The van der Waals surface area contributed by atoms with Crippen molar-refractivity contribution >= 4 is 62.0 Å². The summed E-state index contributed by atoms with van der Waals surface area (Å²) in [6.07, 6.45) is 4.63. The van der Waals surface area contributed by atoms with Crippen LogP contribution in [0.3, 0.4) is 0 Å². The lowest BCUT2D eigenvalue weighted by atomic mass is 9.78. The fraction of sp³-hybridized carbons (Fsp3) is 0.500. The van der Waals surface area contributed by atoms with Crippen LogP contribution in [0.2, 0.25) is 0 Å². The van der Waals surface area contributed by atoms with Crippen LogP contribution in [0, 0.1) is 30.6 Å². The van der Waals surface area contributed by atoms with E-state index < -0.39 is 82.2 Å². The Labute approximate surface area is 393 Å². The second kappa shape index (κ2) is 19.9. The van der Waals surface area contributed by atoms with Crippen LogP contribution in [0.25, 0.3) is 38.7 Å². The van der Waals surface area contributed by atoms with Gasteiger partial charge in [0, 0.05) is 119 Å². The maximum absolute atomic E-state index is 14.9. The number of carbonyl (C=O) groups excluding carboxylic acids is 2. The maximum atomic E-state index is 14.9. The van der Waals surface area contributed by atoms with Gasteiger partial charge in [-0.3, -0.25) is 24.1 Å². The number of nitrogens with zero attached hydrogens (tertiary/aromatic N) is 3. The number of hydrogen-bond donors (Lipinski definition) is 5. The van der Waals surface area contributed by atoms with E-state index in [1.165, 1.54) is 47.3 Å². The molecule has 0 aliphatic carbocycles. The number of esters is 1. The first-order valence-electron chi connectivity index (χ1n) is 22.8. The highest BCUT2D eigenvalue weighted by Gasteiger charge is 2.44. The number of phenolic OH excluding ortho intramolecular Hbond substituents is 1. The molecule has 1 saturated heterocycles. The van der Waals surface area contributed by atoms with Gasteiger partial charge in [0.15, 0.2) is 22.4 Å². The van der Waals surface area contributed by atoms with Gasteiger partial charge in [-0.25, -0.2) is 4.98 Å². The highest BCUT2D eigenvalue weighted by atomic mass is 16.7. The summed E-state index contributed by atoms with van der Waals surface area (Å²) in [4.78, 5) is 64.4. The number of ether oxygens (including phenoxy) is 5. The first-order chi connectivity index (χ1) is 32.3. The minimum absolute atomic E-state index is 0.0134. The summed E-state index contributed by atoms with van der Waals surface area (Å²) >= 11 is 0. The summed E-state index contributed by atoms with van der Waals surface area (Å²) in [6, 6.07) is 3.08. The summed E-state index contributed by atoms with van der Waals surface area (Å²) in [7, 11) is 3.00. The number of β-amino-alcohol motifs (C(OH)–C–C–N with tert-alkyl or cyclic N) is 1. The van der Waals surface area contributed by atoms with Crippen LogP contribution in [-0.4, -0.2) is 126 Å². The molecule has 18 heteroatoms. The molecule has 5 heterocycles. The fourth-order valence-corrected chi connectivity index (χ4v) is 9.85. The third-order valence-corrected chi connectivity index (χ3v) is 13.8. The van der Waals surface area contributed by atoms with Crippen LogP contribution in [-0.2, 0) is 28.5 Å².